The van der Waals surface area contributed by atoms with Crippen molar-refractivity contribution in [2.24, 2.45) is 0 Å². The maximum Gasteiger partial charge on any atom is 0.232 e. The highest BCUT2D eigenvalue weighted by molar-refractivity contribution is 5.94. The number of aromatic amines is 1. The molecule has 3 aromatic rings. The number of carbonyl (C=O) groups is 1. The van der Waals surface area contributed by atoms with Crippen molar-refractivity contribution in [1.82, 2.24) is 9.88 Å². The summed E-state index contributed by atoms with van der Waals surface area (Å²) in [5.74, 6) is 0.242. The first-order valence-corrected chi connectivity index (χ1v) is 12.8. The quantitative estimate of drug-likeness (QED) is 0.340. The maximum atomic E-state index is 13.7. The predicted octanol–water partition coefficient (Wildman–Crippen LogP) is 7.72. The SMILES string of the molecule is CCCCN(CCCC)C(=O)C(C)(C)c1ccc2[nH]c(-c3cc(C)cc(C)c3)c(CC)c2c1. The summed E-state index contributed by atoms with van der Waals surface area (Å²) in [6.45, 7) is 16.8. The summed E-state index contributed by atoms with van der Waals surface area (Å²) < 4.78 is 0. The summed E-state index contributed by atoms with van der Waals surface area (Å²) in [5, 5.41) is 1.23. The van der Waals surface area contributed by atoms with Crippen molar-refractivity contribution < 1.29 is 4.79 Å². The van der Waals surface area contributed by atoms with E-state index in [2.05, 4.69) is 94.7 Å². The molecule has 0 atom stereocenters. The van der Waals surface area contributed by atoms with Crippen molar-refractivity contribution in [3.63, 3.8) is 0 Å². The van der Waals surface area contributed by atoms with E-state index in [0.717, 1.165) is 56.3 Å². The highest BCUT2D eigenvalue weighted by Gasteiger charge is 2.34. The van der Waals surface area contributed by atoms with Gasteiger partial charge in [-0.2, -0.15) is 0 Å². The van der Waals surface area contributed by atoms with Crippen LogP contribution in [0.5, 0.6) is 0 Å². The fourth-order valence-electron chi connectivity index (χ4n) is 4.90. The van der Waals surface area contributed by atoms with Gasteiger partial charge in [0.25, 0.3) is 0 Å². The van der Waals surface area contributed by atoms with Gasteiger partial charge in [-0.25, -0.2) is 0 Å². The van der Waals surface area contributed by atoms with Gasteiger partial charge in [0.1, 0.15) is 0 Å². The zero-order chi connectivity index (χ0) is 24.2. The molecule has 1 N–H and O–H groups in total. The van der Waals surface area contributed by atoms with Gasteiger partial charge in [0.2, 0.25) is 5.91 Å². The van der Waals surface area contributed by atoms with Gasteiger partial charge in [-0.1, -0.05) is 56.9 Å². The average molecular weight is 447 g/mol. The number of aromatic nitrogens is 1. The molecule has 0 unspecified atom stereocenters. The first-order chi connectivity index (χ1) is 15.7. The topological polar surface area (TPSA) is 36.1 Å². The van der Waals surface area contributed by atoms with E-state index in [9.17, 15) is 4.79 Å². The molecular formula is C30H42N2O. The van der Waals surface area contributed by atoms with Crippen LogP contribution in [0.4, 0.5) is 0 Å². The van der Waals surface area contributed by atoms with Gasteiger partial charge >= 0.3 is 0 Å². The molecule has 178 valence electrons. The van der Waals surface area contributed by atoms with E-state index in [-0.39, 0.29) is 5.91 Å². The lowest BCUT2D eigenvalue weighted by Gasteiger charge is -2.32. The maximum absolute atomic E-state index is 13.7. The Morgan fingerprint density at radius 2 is 1.52 bits per heavy atom. The second-order valence-corrected chi connectivity index (χ2v) is 10.1. The molecule has 0 bridgehead atoms. The van der Waals surface area contributed by atoms with Crippen LogP contribution in [0, 0.1) is 13.8 Å². The minimum atomic E-state index is -0.557. The summed E-state index contributed by atoms with van der Waals surface area (Å²) in [4.78, 5) is 19.5. The number of benzene rings is 2. The Bertz CT molecular complexity index is 1080. The van der Waals surface area contributed by atoms with Crippen molar-refractivity contribution in [2.45, 2.75) is 86.0 Å². The molecule has 3 rings (SSSR count). The molecule has 3 nitrogen and oxygen atoms in total. The van der Waals surface area contributed by atoms with E-state index < -0.39 is 5.41 Å². The second kappa shape index (κ2) is 10.6. The molecule has 0 spiro atoms. The number of carbonyl (C=O) groups excluding carboxylic acids is 1. The molecule has 0 saturated heterocycles. The lowest BCUT2D eigenvalue weighted by molar-refractivity contribution is -0.136. The zero-order valence-corrected chi connectivity index (χ0v) is 21.8. The summed E-state index contributed by atoms with van der Waals surface area (Å²) in [7, 11) is 0. The lowest BCUT2D eigenvalue weighted by Crippen LogP contribution is -2.44. The molecular weight excluding hydrogens is 404 g/mol. The first-order valence-electron chi connectivity index (χ1n) is 12.8. The van der Waals surface area contributed by atoms with Gasteiger partial charge < -0.3 is 9.88 Å². The van der Waals surface area contributed by atoms with Crippen molar-refractivity contribution in [3.05, 3.63) is 58.7 Å². The Balaban J connectivity index is 2.03. The molecule has 0 radical (unpaired) electrons. The standard InChI is InChI=1S/C30H42N2O/c1-8-11-15-32(16-12-9-2)29(33)30(6,7)24-13-14-27-26(20-24)25(10-3)28(31-27)23-18-21(4)17-22(5)19-23/h13-14,17-20,31H,8-12,15-16H2,1-7H3. The molecule has 0 aliphatic heterocycles. The van der Waals surface area contributed by atoms with E-state index in [1.165, 1.54) is 33.3 Å². The third kappa shape index (κ3) is 5.34. The fraction of sp³-hybridized carbons (Fsp3) is 0.500. The molecule has 0 aliphatic carbocycles. The van der Waals surface area contributed by atoms with Crippen LogP contribution in [0.1, 0.15) is 82.6 Å². The predicted molar refractivity (Wildman–Crippen MR) is 142 cm³/mol. The van der Waals surface area contributed by atoms with Crippen LogP contribution >= 0.6 is 0 Å². The fourth-order valence-corrected chi connectivity index (χ4v) is 4.90. The minimum absolute atomic E-state index is 0.242. The number of hydrogen-bond acceptors (Lipinski definition) is 1. The third-order valence-corrected chi connectivity index (χ3v) is 6.88. The van der Waals surface area contributed by atoms with Crippen LogP contribution in [0.15, 0.2) is 36.4 Å². The third-order valence-electron chi connectivity index (χ3n) is 6.88. The highest BCUT2D eigenvalue weighted by atomic mass is 16.2. The summed E-state index contributed by atoms with van der Waals surface area (Å²) in [6, 6.07) is 13.3. The Hall–Kier alpha value is -2.55. The van der Waals surface area contributed by atoms with Crippen molar-refractivity contribution >= 4 is 16.8 Å². The normalized spacial score (nSPS) is 11.8. The van der Waals surface area contributed by atoms with E-state index >= 15 is 0 Å². The lowest BCUT2D eigenvalue weighted by atomic mass is 9.82. The molecule has 0 aliphatic rings. The Morgan fingerprint density at radius 3 is 2.06 bits per heavy atom. The van der Waals surface area contributed by atoms with Crippen molar-refractivity contribution in [1.29, 1.82) is 0 Å². The van der Waals surface area contributed by atoms with Crippen LogP contribution in [-0.2, 0) is 16.6 Å². The van der Waals surface area contributed by atoms with Crippen LogP contribution in [0.3, 0.4) is 0 Å². The number of rotatable bonds is 10. The largest absolute Gasteiger partial charge is 0.354 e. The van der Waals surface area contributed by atoms with Gasteiger partial charge in [0, 0.05) is 29.7 Å². The number of aryl methyl sites for hydroxylation is 3. The molecule has 3 heteroatoms. The number of nitrogens with one attached hydrogen (secondary N) is 1. The number of hydrogen-bond donors (Lipinski definition) is 1. The second-order valence-electron chi connectivity index (χ2n) is 10.1. The number of amides is 1. The first kappa shape index (κ1) is 25.1. The van der Waals surface area contributed by atoms with Crippen LogP contribution in [-0.4, -0.2) is 28.9 Å². The Morgan fingerprint density at radius 1 is 0.909 bits per heavy atom. The highest BCUT2D eigenvalue weighted by Crippen LogP contribution is 2.35. The molecule has 2 aromatic carbocycles. The summed E-state index contributed by atoms with van der Waals surface area (Å²) >= 11 is 0. The van der Waals surface area contributed by atoms with Gasteiger partial charge in [0.15, 0.2) is 0 Å². The molecule has 0 fully saturated rings. The van der Waals surface area contributed by atoms with Crippen molar-refractivity contribution in [2.75, 3.05) is 13.1 Å². The average Bonchev–Trinajstić information content (AvgIpc) is 3.16. The van der Waals surface area contributed by atoms with E-state index in [1.807, 2.05) is 0 Å². The summed E-state index contributed by atoms with van der Waals surface area (Å²) in [5.41, 5.74) is 8.00. The Labute approximate surface area is 200 Å². The van der Waals surface area contributed by atoms with Gasteiger partial charge in [0.05, 0.1) is 5.41 Å². The van der Waals surface area contributed by atoms with Gasteiger partial charge in [-0.3, -0.25) is 4.79 Å². The number of fused-ring (bicyclic) bond motifs is 1. The molecule has 1 aromatic heterocycles. The minimum Gasteiger partial charge on any atom is -0.354 e. The van der Waals surface area contributed by atoms with E-state index in [1.54, 1.807) is 0 Å². The Kier molecular flexibility index (Phi) is 8.05. The monoisotopic (exact) mass is 446 g/mol. The van der Waals surface area contributed by atoms with Crippen molar-refractivity contribution in [3.8, 4) is 11.3 Å². The van der Waals surface area contributed by atoms with Gasteiger partial charge in [-0.05, 0) is 87.9 Å². The summed E-state index contributed by atoms with van der Waals surface area (Å²) in [6.07, 6.45) is 5.27. The number of nitrogens with zero attached hydrogens (tertiary/aromatic N) is 1. The smallest absolute Gasteiger partial charge is 0.232 e. The number of unbranched alkanes of at least 4 members (excludes halogenated alkanes) is 2. The molecule has 0 saturated carbocycles. The number of H-pyrrole nitrogens is 1. The van der Waals surface area contributed by atoms with Gasteiger partial charge in [-0.15, -0.1) is 0 Å². The molecule has 33 heavy (non-hydrogen) atoms. The van der Waals surface area contributed by atoms with Crippen LogP contribution in [0.2, 0.25) is 0 Å². The van der Waals surface area contributed by atoms with Crippen LogP contribution in [0.25, 0.3) is 22.2 Å². The van der Waals surface area contributed by atoms with E-state index in [0.29, 0.717) is 0 Å². The zero-order valence-electron chi connectivity index (χ0n) is 21.8. The molecule has 1 amide bonds. The van der Waals surface area contributed by atoms with E-state index in [4.69, 9.17) is 0 Å². The van der Waals surface area contributed by atoms with Crippen LogP contribution < -0.4 is 0 Å². The molecule has 1 heterocycles.